The van der Waals surface area contributed by atoms with Gasteiger partial charge in [-0.3, -0.25) is 4.90 Å². The molecule has 1 heterocycles. The molecule has 0 radical (unpaired) electrons. The molecule has 1 aliphatic heterocycles. The fraction of sp³-hybridized carbons (Fsp3) is 0.355. The minimum absolute atomic E-state index is 0.525. The van der Waals surface area contributed by atoms with Crippen molar-refractivity contribution in [2.24, 2.45) is 4.99 Å². The fourth-order valence-corrected chi connectivity index (χ4v) is 4.52. The van der Waals surface area contributed by atoms with Crippen molar-refractivity contribution >= 4 is 17.1 Å². The number of nitrogens with zero attached hydrogens (tertiary/aromatic N) is 4. The van der Waals surface area contributed by atoms with Crippen LogP contribution in [0.5, 0.6) is 5.75 Å². The Kier molecular flexibility index (Phi) is 9.13. The van der Waals surface area contributed by atoms with Crippen LogP contribution in [0.3, 0.4) is 0 Å². The molecule has 4 rings (SSSR count). The molecule has 0 atom stereocenters. The van der Waals surface area contributed by atoms with E-state index in [1.165, 1.54) is 16.8 Å². The standard InChI is InChI=1S/C31H36N4O/c1-3-4-11-28(22-32)33-31-15-14-30(20-25(31)2)36-24-27-10-8-9-26(21-27)23-34-16-18-35(19-17-34)29-12-6-5-7-13-29/h5-10,12-15,20-21H,3-4,11,16-19,23-24H2,1-2H3/b33-28+. The summed E-state index contributed by atoms with van der Waals surface area (Å²) in [5.74, 6) is 0.820. The Bertz CT molecular complexity index is 1190. The largest absolute Gasteiger partial charge is 0.489 e. The van der Waals surface area contributed by atoms with Crippen LogP contribution in [0.25, 0.3) is 0 Å². The number of hydrogen-bond acceptors (Lipinski definition) is 5. The van der Waals surface area contributed by atoms with E-state index in [0.29, 0.717) is 12.3 Å². The first-order valence-corrected chi connectivity index (χ1v) is 13.0. The molecule has 5 nitrogen and oxygen atoms in total. The zero-order valence-electron chi connectivity index (χ0n) is 21.5. The topological polar surface area (TPSA) is 51.9 Å². The molecule has 0 amide bonds. The van der Waals surface area contributed by atoms with Gasteiger partial charge in [-0.25, -0.2) is 4.99 Å². The number of nitriles is 1. The van der Waals surface area contributed by atoms with Gasteiger partial charge in [0.2, 0.25) is 0 Å². The van der Waals surface area contributed by atoms with Crippen LogP contribution < -0.4 is 9.64 Å². The first-order chi connectivity index (χ1) is 17.6. The van der Waals surface area contributed by atoms with E-state index >= 15 is 0 Å². The van der Waals surface area contributed by atoms with Crippen molar-refractivity contribution < 1.29 is 4.74 Å². The number of unbranched alkanes of at least 4 members (excludes halogenated alkanes) is 1. The number of aliphatic imine (C=N–C) groups is 1. The predicted molar refractivity (Wildman–Crippen MR) is 148 cm³/mol. The van der Waals surface area contributed by atoms with Crippen LogP contribution >= 0.6 is 0 Å². The van der Waals surface area contributed by atoms with Crippen molar-refractivity contribution in [1.29, 1.82) is 5.26 Å². The number of piperazine rings is 1. The van der Waals surface area contributed by atoms with E-state index in [9.17, 15) is 5.26 Å². The molecular weight excluding hydrogens is 444 g/mol. The second-order valence-electron chi connectivity index (χ2n) is 9.43. The van der Waals surface area contributed by atoms with E-state index < -0.39 is 0 Å². The second-order valence-corrected chi connectivity index (χ2v) is 9.43. The zero-order chi connectivity index (χ0) is 25.2. The van der Waals surface area contributed by atoms with Crippen LogP contribution in [0.2, 0.25) is 0 Å². The van der Waals surface area contributed by atoms with Crippen LogP contribution in [0.4, 0.5) is 11.4 Å². The monoisotopic (exact) mass is 480 g/mol. The zero-order valence-corrected chi connectivity index (χ0v) is 21.5. The highest BCUT2D eigenvalue weighted by atomic mass is 16.5. The highest BCUT2D eigenvalue weighted by molar-refractivity contribution is 6.00. The van der Waals surface area contributed by atoms with Gasteiger partial charge in [0.25, 0.3) is 0 Å². The highest BCUT2D eigenvalue weighted by Gasteiger charge is 2.17. The number of ether oxygens (including phenoxy) is 1. The maximum atomic E-state index is 9.34. The SMILES string of the molecule is CCCC/C(C#N)=N\c1ccc(OCc2cccc(CN3CCN(c4ccccc4)CC3)c2)cc1C. The van der Waals surface area contributed by atoms with E-state index in [1.807, 2.05) is 25.1 Å². The van der Waals surface area contributed by atoms with Crippen LogP contribution in [-0.2, 0) is 13.2 Å². The van der Waals surface area contributed by atoms with Gasteiger partial charge in [-0.1, -0.05) is 55.8 Å². The van der Waals surface area contributed by atoms with Gasteiger partial charge in [0, 0.05) is 38.4 Å². The van der Waals surface area contributed by atoms with Crippen molar-refractivity contribution in [3.63, 3.8) is 0 Å². The van der Waals surface area contributed by atoms with Gasteiger partial charge in [0.05, 0.1) is 5.69 Å². The molecule has 1 aliphatic rings. The average molecular weight is 481 g/mol. The number of rotatable bonds is 10. The van der Waals surface area contributed by atoms with Crippen LogP contribution in [0, 0.1) is 18.3 Å². The van der Waals surface area contributed by atoms with Crippen molar-refractivity contribution in [3.05, 3.63) is 89.5 Å². The normalized spacial score (nSPS) is 14.5. The number of hydrogen-bond donors (Lipinski definition) is 0. The Hall–Kier alpha value is -3.62. The Morgan fingerprint density at radius 3 is 2.44 bits per heavy atom. The van der Waals surface area contributed by atoms with Gasteiger partial charge in [-0.2, -0.15) is 5.26 Å². The molecule has 5 heteroatoms. The summed E-state index contributed by atoms with van der Waals surface area (Å²) in [6, 6.07) is 27.5. The molecular formula is C31H36N4O. The highest BCUT2D eigenvalue weighted by Crippen LogP contribution is 2.25. The summed E-state index contributed by atoms with van der Waals surface area (Å²) >= 11 is 0. The Balaban J connectivity index is 1.30. The van der Waals surface area contributed by atoms with Gasteiger partial charge < -0.3 is 9.64 Å². The number of aryl methyl sites for hydroxylation is 1. The molecule has 0 bridgehead atoms. The lowest BCUT2D eigenvalue weighted by Crippen LogP contribution is -2.45. The first kappa shape index (κ1) is 25.5. The van der Waals surface area contributed by atoms with Crippen molar-refractivity contribution in [1.82, 2.24) is 4.90 Å². The summed E-state index contributed by atoms with van der Waals surface area (Å²) in [7, 11) is 0. The molecule has 0 aromatic heterocycles. The fourth-order valence-electron chi connectivity index (χ4n) is 4.52. The Labute approximate surface area is 215 Å². The van der Waals surface area contributed by atoms with Gasteiger partial charge in [0.15, 0.2) is 0 Å². The van der Waals surface area contributed by atoms with Gasteiger partial charge in [-0.05, 0) is 66.8 Å². The number of benzene rings is 3. The Morgan fingerprint density at radius 1 is 0.944 bits per heavy atom. The Morgan fingerprint density at radius 2 is 1.72 bits per heavy atom. The van der Waals surface area contributed by atoms with E-state index in [-0.39, 0.29) is 0 Å². The molecule has 0 saturated carbocycles. The van der Waals surface area contributed by atoms with Crippen LogP contribution in [0.15, 0.2) is 77.8 Å². The lowest BCUT2D eigenvalue weighted by atomic mass is 10.1. The molecule has 3 aromatic rings. The summed E-state index contributed by atoms with van der Waals surface area (Å²) in [6.45, 7) is 9.86. The molecule has 0 unspecified atom stereocenters. The number of anilines is 1. The van der Waals surface area contributed by atoms with Crippen LogP contribution in [-0.4, -0.2) is 36.8 Å². The number of para-hydroxylation sites is 1. The lowest BCUT2D eigenvalue weighted by Gasteiger charge is -2.36. The predicted octanol–water partition coefficient (Wildman–Crippen LogP) is 6.68. The molecule has 0 spiro atoms. The second kappa shape index (κ2) is 12.9. The van der Waals surface area contributed by atoms with Gasteiger partial charge in [0.1, 0.15) is 24.1 Å². The molecule has 1 fully saturated rings. The maximum Gasteiger partial charge on any atom is 0.120 e. The summed E-state index contributed by atoms with van der Waals surface area (Å²) in [4.78, 5) is 9.54. The molecule has 0 N–H and O–H groups in total. The van der Waals surface area contributed by atoms with E-state index in [0.717, 1.165) is 69.0 Å². The van der Waals surface area contributed by atoms with Gasteiger partial charge >= 0.3 is 0 Å². The summed E-state index contributed by atoms with van der Waals surface area (Å²) < 4.78 is 6.10. The third kappa shape index (κ3) is 7.19. The third-order valence-electron chi connectivity index (χ3n) is 6.62. The molecule has 1 saturated heterocycles. The molecule has 3 aromatic carbocycles. The van der Waals surface area contributed by atoms with E-state index in [1.54, 1.807) is 0 Å². The molecule has 0 aliphatic carbocycles. The van der Waals surface area contributed by atoms with Crippen molar-refractivity contribution in [3.8, 4) is 11.8 Å². The minimum atomic E-state index is 0.525. The van der Waals surface area contributed by atoms with Crippen molar-refractivity contribution in [2.75, 3.05) is 31.1 Å². The van der Waals surface area contributed by atoms with Crippen molar-refractivity contribution in [2.45, 2.75) is 46.3 Å². The maximum absolute atomic E-state index is 9.34. The smallest absolute Gasteiger partial charge is 0.120 e. The van der Waals surface area contributed by atoms with Gasteiger partial charge in [-0.15, -0.1) is 0 Å². The summed E-state index contributed by atoms with van der Waals surface area (Å²) in [6.07, 6.45) is 2.76. The minimum Gasteiger partial charge on any atom is -0.489 e. The average Bonchev–Trinajstić information content (AvgIpc) is 2.92. The third-order valence-corrected chi connectivity index (χ3v) is 6.62. The van der Waals surface area contributed by atoms with E-state index in [2.05, 4.69) is 82.4 Å². The molecule has 186 valence electrons. The summed E-state index contributed by atoms with van der Waals surface area (Å²) in [5, 5.41) is 9.34. The summed E-state index contributed by atoms with van der Waals surface area (Å²) in [5.41, 5.74) is 6.24. The quantitative estimate of drug-likeness (QED) is 0.304. The molecule has 36 heavy (non-hydrogen) atoms. The van der Waals surface area contributed by atoms with E-state index in [4.69, 9.17) is 4.74 Å². The van der Waals surface area contributed by atoms with Crippen LogP contribution in [0.1, 0.15) is 42.9 Å². The lowest BCUT2D eigenvalue weighted by molar-refractivity contribution is 0.249. The first-order valence-electron chi connectivity index (χ1n) is 13.0.